The number of rotatable bonds is 7. The third-order valence-corrected chi connectivity index (χ3v) is 1.51. The highest BCUT2D eigenvalue weighted by Gasteiger charge is 1.93. The molecular weight excluding hydrogens is 138 g/mol. The van der Waals surface area contributed by atoms with Crippen molar-refractivity contribution in [2.24, 2.45) is 5.73 Å². The first-order chi connectivity index (χ1) is 6.09. The van der Waals surface area contributed by atoms with Gasteiger partial charge in [-0.3, -0.25) is 4.79 Å². The van der Waals surface area contributed by atoms with Gasteiger partial charge in [0.25, 0.3) is 0 Å². The Bertz CT molecular complexity index is 153. The van der Waals surface area contributed by atoms with Gasteiger partial charge in [-0.25, -0.2) is 0 Å². The van der Waals surface area contributed by atoms with Gasteiger partial charge in [-0.05, 0) is 6.40 Å². The van der Waals surface area contributed by atoms with Crippen molar-refractivity contribution in [3.05, 3.63) is 0 Å². The molecule has 1 amide bonds. The summed E-state index contributed by atoms with van der Waals surface area (Å²) in [6.45, 7) is 2.12. The molecule has 0 radical (unpaired) electrons. The molecule has 0 heterocycles. The van der Waals surface area contributed by atoms with Crippen LogP contribution in [0.25, 0.3) is 0 Å². The van der Waals surface area contributed by atoms with E-state index in [1.807, 2.05) is 0 Å². The average molecular weight is 159 g/mol. The van der Waals surface area contributed by atoms with Crippen molar-refractivity contribution in [1.82, 2.24) is 0 Å². The zero-order chi connectivity index (χ0) is 10.3. The van der Waals surface area contributed by atoms with E-state index in [9.17, 15) is 4.79 Å². The number of unbranched alkanes of at least 4 members (excludes halogenated alkanes) is 3. The molecule has 0 fully saturated rings. The lowest BCUT2D eigenvalue weighted by Gasteiger charge is -1.97. The van der Waals surface area contributed by atoms with E-state index in [-0.39, 0.29) is 0 Å². The highest BCUT2D eigenvalue weighted by molar-refractivity contribution is 5.73. The van der Waals surface area contributed by atoms with Gasteiger partial charge < -0.3 is 5.73 Å². The molecule has 2 atom stereocenters. The molecule has 2 heteroatoms. The predicted octanol–water partition coefficient (Wildman–Crippen LogP) is 2.22. The number of primary amides is 1. The summed E-state index contributed by atoms with van der Waals surface area (Å²) in [7, 11) is 0. The molecule has 11 heavy (non-hydrogen) atoms. The predicted molar refractivity (Wildman–Crippen MR) is 47.2 cm³/mol. The Balaban J connectivity index is 3.50. The second kappa shape index (κ2) is 7.58. The lowest BCUT2D eigenvalue weighted by atomic mass is 10.1. The molecule has 0 spiro atoms. The second-order valence-corrected chi connectivity index (χ2v) is 2.65. The summed E-state index contributed by atoms with van der Waals surface area (Å²) in [6, 6.07) is 0. The molecule has 0 rings (SSSR count). The van der Waals surface area contributed by atoms with E-state index in [0.29, 0.717) is 6.42 Å². The first kappa shape index (κ1) is 7.14. The topological polar surface area (TPSA) is 43.1 Å². The summed E-state index contributed by atoms with van der Waals surface area (Å²) in [5.41, 5.74) is 4.92. The Morgan fingerprint density at radius 3 is 2.55 bits per heavy atom. The summed E-state index contributed by atoms with van der Waals surface area (Å²) < 4.78 is 14.7. The number of hydrogen-bond donors (Lipinski definition) is 1. The van der Waals surface area contributed by atoms with Crippen LogP contribution in [-0.4, -0.2) is 5.91 Å². The van der Waals surface area contributed by atoms with Crippen molar-refractivity contribution in [1.29, 1.82) is 0 Å². The maximum absolute atomic E-state index is 10.5. The van der Waals surface area contributed by atoms with Crippen LogP contribution in [0.3, 0.4) is 0 Å². The van der Waals surface area contributed by atoms with E-state index >= 15 is 0 Å². The molecule has 0 saturated heterocycles. The van der Waals surface area contributed by atoms with Gasteiger partial charge in [0, 0.05) is 9.14 Å². The normalized spacial score (nSPS) is 18.3. The van der Waals surface area contributed by atoms with Crippen LogP contribution < -0.4 is 5.73 Å². The van der Waals surface area contributed by atoms with Crippen molar-refractivity contribution in [2.45, 2.75) is 51.8 Å². The number of amides is 1. The third-order valence-electron chi connectivity index (χ3n) is 1.51. The molecule has 0 bridgehead atoms. The van der Waals surface area contributed by atoms with Gasteiger partial charge in [0.05, 0.1) is 0 Å². The number of hydrogen-bond acceptors (Lipinski definition) is 1. The molecule has 0 aliphatic rings. The molecule has 0 aromatic rings. The van der Waals surface area contributed by atoms with E-state index in [1.165, 1.54) is 0 Å². The van der Waals surface area contributed by atoms with Crippen molar-refractivity contribution in [3.63, 3.8) is 0 Å². The fraction of sp³-hybridized carbons (Fsp3) is 0.889. The quantitative estimate of drug-likeness (QED) is 0.569. The zero-order valence-electron chi connectivity index (χ0n) is 9.18. The molecule has 0 saturated carbocycles. The minimum atomic E-state index is -1.05. The van der Waals surface area contributed by atoms with Gasteiger partial charge >= 0.3 is 0 Å². The van der Waals surface area contributed by atoms with Crippen LogP contribution >= 0.6 is 0 Å². The largest absolute Gasteiger partial charge is 0.370 e. The monoisotopic (exact) mass is 159 g/mol. The first-order valence-corrected chi connectivity index (χ1v) is 4.23. The van der Waals surface area contributed by atoms with Gasteiger partial charge in [-0.1, -0.05) is 39.0 Å². The SMILES string of the molecule is [2H]C(CCCCCC)C([2H])C(N)=O. The fourth-order valence-electron chi connectivity index (χ4n) is 0.888. The first-order valence-electron chi connectivity index (χ1n) is 5.38. The third kappa shape index (κ3) is 9.47. The minimum Gasteiger partial charge on any atom is -0.370 e. The lowest BCUT2D eigenvalue weighted by molar-refractivity contribution is -0.118. The van der Waals surface area contributed by atoms with Crippen LogP contribution in [0, 0.1) is 0 Å². The minimum absolute atomic E-state index is 0.608. The molecular formula is C9H19NO. The van der Waals surface area contributed by atoms with E-state index in [1.54, 1.807) is 0 Å². The second-order valence-electron chi connectivity index (χ2n) is 2.65. The maximum Gasteiger partial charge on any atom is 0.217 e. The van der Waals surface area contributed by atoms with Crippen molar-refractivity contribution in [2.75, 3.05) is 0 Å². The lowest BCUT2D eigenvalue weighted by Crippen LogP contribution is -2.09. The molecule has 66 valence electrons. The molecule has 0 aromatic carbocycles. The molecule has 2 nitrogen and oxygen atoms in total. The number of nitrogens with two attached hydrogens (primary N) is 1. The van der Waals surface area contributed by atoms with E-state index < -0.39 is 18.7 Å². The van der Waals surface area contributed by atoms with E-state index in [4.69, 9.17) is 8.48 Å². The summed E-state index contributed by atoms with van der Waals surface area (Å²) in [6.07, 6.45) is 3.23. The molecule has 0 aliphatic carbocycles. The summed E-state index contributed by atoms with van der Waals surface area (Å²) in [5.74, 6) is -0.685. The smallest absolute Gasteiger partial charge is 0.217 e. The Hall–Kier alpha value is -0.530. The molecule has 2 N–H and O–H groups in total. The summed E-state index contributed by atoms with van der Waals surface area (Å²) >= 11 is 0. The highest BCUT2D eigenvalue weighted by atomic mass is 16.1. The van der Waals surface area contributed by atoms with E-state index in [0.717, 1.165) is 25.7 Å². The maximum atomic E-state index is 10.5. The van der Waals surface area contributed by atoms with Gasteiger partial charge in [0.15, 0.2) is 0 Å². The highest BCUT2D eigenvalue weighted by Crippen LogP contribution is 2.05. The summed E-state index contributed by atoms with van der Waals surface area (Å²) in [5, 5.41) is 0. The Labute approximate surface area is 72.0 Å². The Morgan fingerprint density at radius 1 is 1.36 bits per heavy atom. The molecule has 0 aliphatic heterocycles. The average Bonchev–Trinajstić information content (AvgIpc) is 2.10. The van der Waals surface area contributed by atoms with Crippen molar-refractivity contribution < 1.29 is 7.54 Å². The van der Waals surface area contributed by atoms with E-state index in [2.05, 4.69) is 6.92 Å². The summed E-state index contributed by atoms with van der Waals surface area (Å²) in [4.78, 5) is 10.5. The van der Waals surface area contributed by atoms with Crippen LogP contribution in [0.15, 0.2) is 0 Å². The van der Waals surface area contributed by atoms with Crippen LogP contribution in [0.5, 0.6) is 0 Å². The van der Waals surface area contributed by atoms with Crippen LogP contribution in [-0.2, 0) is 4.79 Å². The van der Waals surface area contributed by atoms with Gasteiger partial charge in [0.2, 0.25) is 5.91 Å². The van der Waals surface area contributed by atoms with Gasteiger partial charge in [0.1, 0.15) is 0 Å². The van der Waals surface area contributed by atoms with Gasteiger partial charge in [-0.2, -0.15) is 0 Å². The fourth-order valence-corrected chi connectivity index (χ4v) is 0.888. The van der Waals surface area contributed by atoms with Crippen LogP contribution in [0.2, 0.25) is 0 Å². The van der Waals surface area contributed by atoms with Crippen LogP contribution in [0.4, 0.5) is 0 Å². The molecule has 2 unspecified atom stereocenters. The van der Waals surface area contributed by atoms with Crippen molar-refractivity contribution >= 4 is 5.91 Å². The molecule has 0 aromatic heterocycles. The Kier molecular flexibility index (Phi) is 4.92. The number of carbonyl (C=O) groups is 1. The van der Waals surface area contributed by atoms with Gasteiger partial charge in [-0.15, -0.1) is 0 Å². The Morgan fingerprint density at radius 2 is 2.00 bits per heavy atom. The van der Waals surface area contributed by atoms with Crippen LogP contribution in [0.1, 0.15) is 54.6 Å². The zero-order valence-corrected chi connectivity index (χ0v) is 7.18. The standard InChI is InChI=1S/C9H19NO/c1-2-3-4-5-6-7-8-9(10)11/h2-8H2,1H3,(H2,10,11)/i7D,8D. The number of carbonyl (C=O) groups excluding carboxylic acids is 1. The van der Waals surface area contributed by atoms with Crippen molar-refractivity contribution in [3.8, 4) is 0 Å².